The minimum atomic E-state index is -0.698. The van der Waals surface area contributed by atoms with Crippen molar-refractivity contribution in [3.8, 4) is 22.8 Å². The second-order valence-electron chi connectivity index (χ2n) is 10.4. The van der Waals surface area contributed by atoms with E-state index in [0.717, 1.165) is 16.5 Å². The molecule has 5 rings (SSSR count). The van der Waals surface area contributed by atoms with Crippen molar-refractivity contribution in [1.29, 1.82) is 0 Å². The fourth-order valence-corrected chi connectivity index (χ4v) is 4.59. The number of anilines is 1. The van der Waals surface area contributed by atoms with Gasteiger partial charge in [0.1, 0.15) is 22.9 Å². The van der Waals surface area contributed by atoms with Crippen LogP contribution in [0.4, 0.5) is 15.4 Å². The minimum Gasteiger partial charge on any atom is -0.497 e. The van der Waals surface area contributed by atoms with Crippen LogP contribution in [0.5, 0.6) is 11.5 Å². The smallest absolute Gasteiger partial charge is 0.419 e. The van der Waals surface area contributed by atoms with Gasteiger partial charge in [-0.3, -0.25) is 5.32 Å². The summed E-state index contributed by atoms with van der Waals surface area (Å²) in [5, 5.41) is 3.56. The van der Waals surface area contributed by atoms with E-state index in [1.165, 1.54) is 0 Å². The van der Waals surface area contributed by atoms with E-state index in [4.69, 9.17) is 14.2 Å². The van der Waals surface area contributed by atoms with Crippen molar-refractivity contribution in [2.75, 3.05) is 12.4 Å². The van der Waals surface area contributed by atoms with Crippen molar-refractivity contribution in [3.63, 3.8) is 0 Å². The van der Waals surface area contributed by atoms with Gasteiger partial charge in [-0.15, -0.1) is 0 Å². The number of rotatable bonds is 6. The monoisotopic (exact) mass is 549 g/mol. The minimum absolute atomic E-state index is 0.349. The van der Waals surface area contributed by atoms with Crippen LogP contribution in [0.1, 0.15) is 32.0 Å². The van der Waals surface area contributed by atoms with Gasteiger partial charge in [0.05, 0.1) is 18.3 Å². The summed E-state index contributed by atoms with van der Waals surface area (Å²) >= 11 is 0. The summed E-state index contributed by atoms with van der Waals surface area (Å²) in [6, 6.07) is 29.5. The number of aromatic nitrogens is 2. The lowest BCUT2D eigenvalue weighted by atomic mass is 10.0. The van der Waals surface area contributed by atoms with Crippen molar-refractivity contribution >= 4 is 28.9 Å². The number of para-hydroxylation sites is 1. The third-order valence-corrected chi connectivity index (χ3v) is 6.25. The molecule has 2 heterocycles. The fourth-order valence-electron chi connectivity index (χ4n) is 4.59. The summed E-state index contributed by atoms with van der Waals surface area (Å²) < 4.78 is 18.3. The lowest BCUT2D eigenvalue weighted by Gasteiger charge is -2.21. The summed E-state index contributed by atoms with van der Waals surface area (Å²) in [6.45, 7) is 5.52. The first-order chi connectivity index (χ1) is 19.7. The molecule has 8 heteroatoms. The second-order valence-corrected chi connectivity index (χ2v) is 10.4. The average molecular weight is 550 g/mol. The van der Waals surface area contributed by atoms with Crippen molar-refractivity contribution in [2.24, 2.45) is 0 Å². The van der Waals surface area contributed by atoms with Crippen LogP contribution in [0, 0.1) is 0 Å². The predicted molar refractivity (Wildman–Crippen MR) is 159 cm³/mol. The summed E-state index contributed by atoms with van der Waals surface area (Å²) in [5.74, 6) is 1.40. The summed E-state index contributed by atoms with van der Waals surface area (Å²) in [5.41, 5.74) is 3.09. The van der Waals surface area contributed by atoms with Crippen molar-refractivity contribution in [3.05, 3.63) is 108 Å². The number of benzene rings is 3. The molecule has 0 spiro atoms. The number of fused-ring (bicyclic) bond motifs is 1. The van der Waals surface area contributed by atoms with Crippen LogP contribution in [0.3, 0.4) is 0 Å². The highest BCUT2D eigenvalue weighted by molar-refractivity contribution is 6.00. The molecule has 1 amide bonds. The molecule has 0 aliphatic heterocycles. The Morgan fingerprint density at radius 1 is 0.854 bits per heavy atom. The summed E-state index contributed by atoms with van der Waals surface area (Å²) in [4.78, 5) is 30.8. The van der Waals surface area contributed by atoms with Crippen molar-refractivity contribution in [2.45, 2.75) is 32.8 Å². The summed E-state index contributed by atoms with van der Waals surface area (Å²) in [6.07, 6.45) is -0.751. The quantitative estimate of drug-likeness (QED) is 0.233. The molecule has 0 fully saturated rings. The molecule has 0 bridgehead atoms. The van der Waals surface area contributed by atoms with E-state index in [0.29, 0.717) is 40.6 Å². The zero-order chi connectivity index (χ0) is 29.0. The van der Waals surface area contributed by atoms with Gasteiger partial charge in [0, 0.05) is 23.6 Å². The van der Waals surface area contributed by atoms with E-state index in [2.05, 4.69) is 10.3 Å². The van der Waals surface area contributed by atoms with E-state index < -0.39 is 17.8 Å². The van der Waals surface area contributed by atoms with Gasteiger partial charge in [0.15, 0.2) is 0 Å². The Morgan fingerprint density at radius 3 is 2.24 bits per heavy atom. The molecule has 0 radical (unpaired) electrons. The zero-order valence-electron chi connectivity index (χ0n) is 23.4. The molecule has 8 nitrogen and oxygen atoms in total. The van der Waals surface area contributed by atoms with Crippen molar-refractivity contribution < 1.29 is 23.8 Å². The molecule has 0 unspecified atom stereocenters. The normalized spacial score (nSPS) is 11.2. The van der Waals surface area contributed by atoms with Crippen LogP contribution in [0.15, 0.2) is 97.1 Å². The first-order valence-electron chi connectivity index (χ1n) is 13.2. The van der Waals surface area contributed by atoms with Crippen molar-refractivity contribution in [1.82, 2.24) is 9.55 Å². The number of methoxy groups -OCH3 is 1. The van der Waals surface area contributed by atoms with Gasteiger partial charge in [0.2, 0.25) is 0 Å². The molecular weight excluding hydrogens is 518 g/mol. The Hall–Kier alpha value is -5.11. The Labute approximate surface area is 238 Å². The molecule has 0 atom stereocenters. The van der Waals surface area contributed by atoms with Crippen LogP contribution < -0.4 is 14.8 Å². The Balaban J connectivity index is 1.57. The maximum Gasteiger partial charge on any atom is 0.419 e. The lowest BCUT2D eigenvalue weighted by molar-refractivity contribution is 0.0547. The molecule has 208 valence electrons. The molecule has 0 saturated carbocycles. The molecule has 0 saturated heterocycles. The molecule has 41 heavy (non-hydrogen) atoms. The van der Waals surface area contributed by atoms with Crippen LogP contribution in [-0.4, -0.2) is 34.4 Å². The number of nitrogens with zero attached hydrogens (tertiary/aromatic N) is 2. The Bertz CT molecular complexity index is 1690. The molecule has 2 aromatic heterocycles. The maximum absolute atomic E-state index is 13.7. The highest BCUT2D eigenvalue weighted by Crippen LogP contribution is 2.37. The standard InChI is InChI=1S/C33H31N3O5/c1-33(2,3)41-32(38)36-28-21-25(39-4)18-19-26(28)27(30(36)22-12-7-5-8-13-22)20-23-14-11-17-29(34-23)35-31(37)40-24-15-9-6-10-16-24/h5-19,21H,20H2,1-4H3,(H,34,35,37). The first kappa shape index (κ1) is 27.5. The Morgan fingerprint density at radius 2 is 1.56 bits per heavy atom. The first-order valence-corrected chi connectivity index (χ1v) is 13.2. The van der Waals surface area contributed by atoms with Crippen LogP contribution in [0.2, 0.25) is 0 Å². The molecule has 0 aliphatic rings. The largest absolute Gasteiger partial charge is 0.497 e. The Kier molecular flexibility index (Phi) is 7.74. The van der Waals surface area contributed by atoms with E-state index in [1.807, 2.05) is 87.5 Å². The van der Waals surface area contributed by atoms with E-state index in [9.17, 15) is 9.59 Å². The average Bonchev–Trinajstić information content (AvgIpc) is 3.26. The number of hydrogen-bond donors (Lipinski definition) is 1. The topological polar surface area (TPSA) is 91.7 Å². The SMILES string of the molecule is COc1ccc2c(Cc3cccc(NC(=O)Oc4ccccc4)n3)c(-c3ccccc3)n(C(=O)OC(C)(C)C)c2c1. The van der Waals surface area contributed by atoms with E-state index in [1.54, 1.807) is 42.0 Å². The third-order valence-electron chi connectivity index (χ3n) is 6.25. The zero-order valence-corrected chi connectivity index (χ0v) is 23.4. The molecule has 3 aromatic carbocycles. The molecule has 1 N–H and O–H groups in total. The van der Waals surface area contributed by atoms with Gasteiger partial charge in [-0.25, -0.2) is 19.1 Å². The molecule has 5 aromatic rings. The van der Waals surface area contributed by atoms with Gasteiger partial charge in [-0.05, 0) is 68.3 Å². The number of pyridine rings is 1. The van der Waals surface area contributed by atoms with Gasteiger partial charge >= 0.3 is 12.2 Å². The van der Waals surface area contributed by atoms with Gasteiger partial charge in [-0.1, -0.05) is 54.6 Å². The van der Waals surface area contributed by atoms with Gasteiger partial charge < -0.3 is 14.2 Å². The lowest BCUT2D eigenvalue weighted by Crippen LogP contribution is -2.27. The highest BCUT2D eigenvalue weighted by Gasteiger charge is 2.27. The van der Waals surface area contributed by atoms with Crippen LogP contribution >= 0.6 is 0 Å². The molecular formula is C33H31N3O5. The van der Waals surface area contributed by atoms with Gasteiger partial charge in [-0.2, -0.15) is 0 Å². The number of nitrogens with one attached hydrogen (secondary N) is 1. The van der Waals surface area contributed by atoms with E-state index in [-0.39, 0.29) is 0 Å². The third kappa shape index (κ3) is 6.38. The van der Waals surface area contributed by atoms with E-state index >= 15 is 0 Å². The highest BCUT2D eigenvalue weighted by atomic mass is 16.6. The summed E-state index contributed by atoms with van der Waals surface area (Å²) in [7, 11) is 1.59. The number of carbonyl (C=O) groups is 2. The van der Waals surface area contributed by atoms with Crippen LogP contribution in [0.25, 0.3) is 22.2 Å². The number of amides is 1. The second kappa shape index (κ2) is 11.6. The molecule has 0 aliphatic carbocycles. The number of hydrogen-bond acceptors (Lipinski definition) is 6. The predicted octanol–water partition coefficient (Wildman–Crippen LogP) is 7.70. The number of ether oxygens (including phenoxy) is 3. The van der Waals surface area contributed by atoms with Gasteiger partial charge in [0.25, 0.3) is 0 Å². The number of carbonyl (C=O) groups excluding carboxylic acids is 2. The maximum atomic E-state index is 13.7. The van der Waals surface area contributed by atoms with Crippen LogP contribution in [-0.2, 0) is 11.2 Å². The fraction of sp³-hybridized carbons (Fsp3) is 0.182.